The summed E-state index contributed by atoms with van der Waals surface area (Å²) in [5.41, 5.74) is -0.473. The second kappa shape index (κ2) is 15.7. The van der Waals surface area contributed by atoms with E-state index in [9.17, 15) is 46.0 Å². The fourth-order valence-corrected chi connectivity index (χ4v) is 13.6. The number of ether oxygens (including phenoxy) is 4. The molecule has 55 heavy (non-hydrogen) atoms. The summed E-state index contributed by atoms with van der Waals surface area (Å²) < 4.78 is 24.9. The third-order valence-electron chi connectivity index (χ3n) is 16.6. The first-order valence-corrected chi connectivity index (χ1v) is 20.9. The highest BCUT2D eigenvalue weighted by Gasteiger charge is 2.71. The summed E-state index contributed by atoms with van der Waals surface area (Å²) in [7, 11) is 0. The lowest BCUT2D eigenvalue weighted by Gasteiger charge is -2.70. The van der Waals surface area contributed by atoms with E-state index in [-0.39, 0.29) is 28.1 Å². The first kappa shape index (κ1) is 43.8. The smallest absolute Gasteiger partial charge is 0.187 e. The van der Waals surface area contributed by atoms with E-state index in [0.717, 1.165) is 44.9 Å². The average molecular weight is 785 g/mol. The molecule has 6 rings (SSSR count). The fourth-order valence-electron chi connectivity index (χ4n) is 13.6. The molecular formula is C42H72O13. The molecule has 6 fully saturated rings. The second-order valence-electron chi connectivity index (χ2n) is 20.1. The highest BCUT2D eigenvalue weighted by Crippen LogP contribution is 2.76. The molecule has 4 aliphatic carbocycles. The van der Waals surface area contributed by atoms with Crippen LogP contribution in [0.5, 0.6) is 0 Å². The van der Waals surface area contributed by atoms with E-state index in [1.807, 2.05) is 0 Å². The highest BCUT2D eigenvalue weighted by molar-refractivity contribution is 5.19. The first-order valence-electron chi connectivity index (χ1n) is 20.9. The van der Waals surface area contributed by atoms with Crippen molar-refractivity contribution in [2.24, 2.45) is 45.3 Å². The molecule has 0 aromatic rings. The average Bonchev–Trinajstić information content (AvgIpc) is 3.48. The Bertz CT molecular complexity index is 1370. The maximum absolute atomic E-state index is 12.0. The van der Waals surface area contributed by atoms with Crippen LogP contribution in [-0.4, -0.2) is 138 Å². The molecule has 0 aromatic carbocycles. The zero-order valence-corrected chi connectivity index (χ0v) is 34.3. The number of aliphatic hydroxyl groups is 9. The number of hydrogen-bond donors (Lipinski definition) is 9. The van der Waals surface area contributed by atoms with Crippen LogP contribution in [0.25, 0.3) is 0 Å². The minimum atomic E-state index is -1.57. The van der Waals surface area contributed by atoms with Gasteiger partial charge in [-0.05, 0) is 124 Å². The van der Waals surface area contributed by atoms with E-state index in [1.165, 1.54) is 5.57 Å². The van der Waals surface area contributed by atoms with Crippen molar-refractivity contribution in [3.8, 4) is 0 Å². The van der Waals surface area contributed by atoms with Crippen molar-refractivity contribution in [3.63, 3.8) is 0 Å². The molecular weight excluding hydrogens is 712 g/mol. The molecule has 0 bridgehead atoms. The van der Waals surface area contributed by atoms with Gasteiger partial charge in [-0.15, -0.1) is 0 Å². The molecule has 6 aliphatic rings. The van der Waals surface area contributed by atoms with Crippen molar-refractivity contribution in [1.82, 2.24) is 0 Å². The predicted molar refractivity (Wildman–Crippen MR) is 201 cm³/mol. The molecule has 0 aromatic heterocycles. The Morgan fingerprint density at radius 2 is 1.27 bits per heavy atom. The third kappa shape index (κ3) is 7.10. The van der Waals surface area contributed by atoms with Crippen LogP contribution in [0.3, 0.4) is 0 Å². The monoisotopic (exact) mass is 784 g/mol. The van der Waals surface area contributed by atoms with Crippen LogP contribution in [0, 0.1) is 45.3 Å². The largest absolute Gasteiger partial charge is 0.394 e. The fraction of sp³-hybridized carbons (Fsp3) is 0.952. The molecule has 4 saturated carbocycles. The zero-order chi connectivity index (χ0) is 40.6. The molecule has 13 heteroatoms. The van der Waals surface area contributed by atoms with E-state index in [1.54, 1.807) is 0 Å². The summed E-state index contributed by atoms with van der Waals surface area (Å²) in [6, 6.07) is 0. The number of fused-ring (bicyclic) bond motifs is 5. The number of allylic oxidation sites excluding steroid dienone is 2. The van der Waals surface area contributed by atoms with E-state index in [4.69, 9.17) is 18.9 Å². The minimum absolute atomic E-state index is 0.0656. The molecule has 9 N–H and O–H groups in total. The molecule has 0 unspecified atom stereocenters. The van der Waals surface area contributed by atoms with E-state index >= 15 is 0 Å². The molecule has 20 atom stereocenters. The number of aliphatic hydroxyl groups excluding tert-OH is 9. The summed E-state index contributed by atoms with van der Waals surface area (Å²) in [6.07, 6.45) is -5.57. The van der Waals surface area contributed by atoms with Gasteiger partial charge in [0.25, 0.3) is 0 Å². The number of rotatable bonds is 10. The SMILES string of the molecule is CC(C)=CCC[C@](C)(O[C@@H]1O[C@H](CO)[C@@H](O)[C@H](O)[C@H]1O)[C@H]1CC[C@]2(C)[C@@H]1CC[C@@H]1[C@@]3(C)C[C@@H](O)[C@H](O[C@@H]4O[C@H](CO)[C@@H](O)[C@H](O)[C@H]4O)C(C)(C)[C@H]3CC[C@]12C. The molecule has 0 spiro atoms. The number of hydrogen-bond acceptors (Lipinski definition) is 13. The van der Waals surface area contributed by atoms with E-state index in [0.29, 0.717) is 24.7 Å². The Kier molecular flexibility index (Phi) is 12.5. The van der Waals surface area contributed by atoms with Crippen LogP contribution in [0.1, 0.15) is 113 Å². The van der Waals surface area contributed by atoms with Gasteiger partial charge in [-0.25, -0.2) is 0 Å². The van der Waals surface area contributed by atoms with Crippen molar-refractivity contribution < 1.29 is 64.9 Å². The third-order valence-corrected chi connectivity index (χ3v) is 16.6. The van der Waals surface area contributed by atoms with Gasteiger partial charge in [-0.2, -0.15) is 0 Å². The lowest BCUT2D eigenvalue weighted by molar-refractivity contribution is -0.343. The van der Waals surface area contributed by atoms with Gasteiger partial charge in [0.15, 0.2) is 12.6 Å². The quantitative estimate of drug-likeness (QED) is 0.115. The topological polar surface area (TPSA) is 219 Å². The van der Waals surface area contributed by atoms with Crippen molar-refractivity contribution in [1.29, 1.82) is 0 Å². The maximum atomic E-state index is 12.0. The first-order chi connectivity index (χ1) is 25.6. The van der Waals surface area contributed by atoms with E-state index < -0.39 is 97.8 Å². The summed E-state index contributed by atoms with van der Waals surface area (Å²) >= 11 is 0. The normalized spacial score (nSPS) is 52.0. The summed E-state index contributed by atoms with van der Waals surface area (Å²) in [5, 5.41) is 95.4. The van der Waals surface area contributed by atoms with Gasteiger partial charge in [-0.3, -0.25) is 0 Å². The van der Waals surface area contributed by atoms with Crippen LogP contribution in [-0.2, 0) is 18.9 Å². The molecule has 13 nitrogen and oxygen atoms in total. The molecule has 2 aliphatic heterocycles. The second-order valence-corrected chi connectivity index (χ2v) is 20.1. The summed E-state index contributed by atoms with van der Waals surface area (Å²) in [4.78, 5) is 0. The Hall–Kier alpha value is -0.780. The van der Waals surface area contributed by atoms with Crippen LogP contribution in [0.2, 0.25) is 0 Å². The van der Waals surface area contributed by atoms with Gasteiger partial charge in [0.05, 0.1) is 31.0 Å². The predicted octanol–water partition coefficient (Wildman–Crippen LogP) is 2.15. The summed E-state index contributed by atoms with van der Waals surface area (Å²) in [6.45, 7) is 16.6. The Labute approximate surface area is 327 Å². The molecule has 0 radical (unpaired) electrons. The lowest BCUT2D eigenvalue weighted by atomic mass is 9.35. The van der Waals surface area contributed by atoms with Gasteiger partial charge >= 0.3 is 0 Å². The van der Waals surface area contributed by atoms with Crippen molar-refractivity contribution in [2.75, 3.05) is 13.2 Å². The van der Waals surface area contributed by atoms with Crippen molar-refractivity contribution >= 4 is 0 Å². The van der Waals surface area contributed by atoms with Gasteiger partial charge < -0.3 is 64.9 Å². The van der Waals surface area contributed by atoms with Crippen LogP contribution >= 0.6 is 0 Å². The van der Waals surface area contributed by atoms with Crippen LogP contribution in [0.4, 0.5) is 0 Å². The van der Waals surface area contributed by atoms with Crippen molar-refractivity contribution in [3.05, 3.63) is 11.6 Å². The maximum Gasteiger partial charge on any atom is 0.187 e. The van der Waals surface area contributed by atoms with Crippen LogP contribution < -0.4 is 0 Å². The highest BCUT2D eigenvalue weighted by atomic mass is 16.7. The van der Waals surface area contributed by atoms with Gasteiger partial charge in [0, 0.05) is 0 Å². The standard InChI is InChI=1S/C42H72O13/c1-21(2)10-9-15-42(8,55-37-34(51)32(49)30(47)26(20-44)53-37)23-13-16-40(6)22(23)11-12-28-39(5)18-24(45)35(38(3,4)27(39)14-17-41(28,40)7)54-36-33(50)31(48)29(46)25(19-43)52-36/h10,22-37,43-51H,9,11-20H2,1-8H3/t22-,23+,24-,25-,26-,27-,28-,29-,30-,31+,32+,33-,34-,35+,36+,37+,39+,40-,41-,42+/m1/s1. The molecule has 318 valence electrons. The minimum Gasteiger partial charge on any atom is -0.394 e. The van der Waals surface area contributed by atoms with Gasteiger partial charge in [0.2, 0.25) is 0 Å². The van der Waals surface area contributed by atoms with Crippen molar-refractivity contribution in [2.45, 2.75) is 192 Å². The zero-order valence-electron chi connectivity index (χ0n) is 34.3. The Balaban J connectivity index is 1.25. The Morgan fingerprint density at radius 1 is 0.709 bits per heavy atom. The molecule has 2 heterocycles. The molecule has 0 amide bonds. The summed E-state index contributed by atoms with van der Waals surface area (Å²) in [5.74, 6) is 0.865. The van der Waals surface area contributed by atoms with E-state index in [2.05, 4.69) is 61.5 Å². The molecule has 2 saturated heterocycles. The van der Waals surface area contributed by atoms with Gasteiger partial charge in [-0.1, -0.05) is 46.3 Å². The van der Waals surface area contributed by atoms with Crippen LogP contribution in [0.15, 0.2) is 11.6 Å². The Morgan fingerprint density at radius 3 is 1.85 bits per heavy atom. The lowest BCUT2D eigenvalue weighted by Crippen LogP contribution is -2.68. The van der Waals surface area contributed by atoms with Gasteiger partial charge in [0.1, 0.15) is 48.8 Å².